The van der Waals surface area contributed by atoms with Gasteiger partial charge in [-0.05, 0) is 66.3 Å². The Morgan fingerprint density at radius 2 is 1.36 bits per heavy atom. The Balaban J connectivity index is 1.37. The fourth-order valence-corrected chi connectivity index (χ4v) is 5.37. The molecule has 0 aliphatic heterocycles. The smallest absolute Gasteiger partial charge is 0.426 e. The van der Waals surface area contributed by atoms with Gasteiger partial charge in [-0.2, -0.15) is 22.0 Å². The first-order chi connectivity index (χ1) is 19.9. The van der Waals surface area contributed by atoms with E-state index in [9.17, 15) is 30.7 Å². The number of ether oxygens (including phenoxy) is 2. The quantitative estimate of drug-likeness (QED) is 0.125. The van der Waals surface area contributed by atoms with Gasteiger partial charge in [0.25, 0.3) is 0 Å². The van der Waals surface area contributed by atoms with Gasteiger partial charge < -0.3 is 9.47 Å². The van der Waals surface area contributed by atoms with Gasteiger partial charge in [0, 0.05) is 12.1 Å². The summed E-state index contributed by atoms with van der Waals surface area (Å²) in [5.74, 6) is -3.70. The van der Waals surface area contributed by atoms with Gasteiger partial charge in [-0.1, -0.05) is 69.0 Å². The Kier molecular flexibility index (Phi) is 10.2. The SMILES string of the molecule is CCCCCC1CCC(c2ccc(-c3ccc(C(F)(F)Oc4cc(F)c(OC=CC(F)(F)F)c(F)c4)cc3)cc2)CC1. The summed E-state index contributed by atoms with van der Waals surface area (Å²) in [4.78, 5) is 0. The molecule has 1 aliphatic carbocycles. The minimum absolute atomic E-state index is 0.0478. The van der Waals surface area contributed by atoms with Gasteiger partial charge in [-0.25, -0.2) is 8.78 Å². The summed E-state index contributed by atoms with van der Waals surface area (Å²) in [6.07, 6.45) is 1.01. The molecule has 0 heterocycles. The second-order valence-electron chi connectivity index (χ2n) is 10.7. The number of halogens is 7. The fourth-order valence-electron chi connectivity index (χ4n) is 5.37. The van der Waals surface area contributed by atoms with Gasteiger partial charge in [0.2, 0.25) is 0 Å². The molecule has 226 valence electrons. The van der Waals surface area contributed by atoms with Crippen LogP contribution in [-0.4, -0.2) is 6.18 Å². The lowest BCUT2D eigenvalue weighted by molar-refractivity contribution is -0.185. The van der Waals surface area contributed by atoms with Crippen molar-refractivity contribution in [2.75, 3.05) is 0 Å². The Bertz CT molecular complexity index is 1300. The van der Waals surface area contributed by atoms with E-state index in [1.807, 2.05) is 12.1 Å². The number of allylic oxidation sites excluding steroid dienone is 1. The Hall–Kier alpha value is -3.49. The maximum Gasteiger partial charge on any atom is 0.426 e. The van der Waals surface area contributed by atoms with Crippen LogP contribution in [0.25, 0.3) is 11.1 Å². The number of alkyl halides is 5. The highest BCUT2D eigenvalue weighted by atomic mass is 19.4. The van der Waals surface area contributed by atoms with Crippen LogP contribution in [0, 0.1) is 17.6 Å². The van der Waals surface area contributed by atoms with Crippen LogP contribution in [0.2, 0.25) is 0 Å². The minimum Gasteiger partial charge on any atom is -0.459 e. The van der Waals surface area contributed by atoms with Crippen LogP contribution >= 0.6 is 0 Å². The van der Waals surface area contributed by atoms with Crippen LogP contribution in [0.1, 0.15) is 75.3 Å². The van der Waals surface area contributed by atoms with Crippen LogP contribution < -0.4 is 9.47 Å². The lowest BCUT2D eigenvalue weighted by atomic mass is 9.77. The van der Waals surface area contributed by atoms with Gasteiger partial charge in [0.15, 0.2) is 17.4 Å². The average Bonchev–Trinajstić information content (AvgIpc) is 2.94. The molecule has 0 atom stereocenters. The van der Waals surface area contributed by atoms with E-state index in [1.165, 1.54) is 69.1 Å². The molecule has 1 saturated carbocycles. The third-order valence-corrected chi connectivity index (χ3v) is 7.66. The zero-order valence-corrected chi connectivity index (χ0v) is 23.2. The van der Waals surface area contributed by atoms with Gasteiger partial charge in [-0.3, -0.25) is 0 Å². The van der Waals surface area contributed by atoms with Crippen molar-refractivity contribution < 1.29 is 40.2 Å². The largest absolute Gasteiger partial charge is 0.459 e. The lowest BCUT2D eigenvalue weighted by Crippen LogP contribution is -2.22. The molecule has 1 fully saturated rings. The Labute approximate surface area is 241 Å². The highest BCUT2D eigenvalue weighted by Gasteiger charge is 2.35. The first-order valence-corrected chi connectivity index (χ1v) is 14.1. The summed E-state index contributed by atoms with van der Waals surface area (Å²) in [5, 5.41) is 0. The van der Waals surface area contributed by atoms with Gasteiger partial charge in [-0.15, -0.1) is 0 Å². The number of unbranched alkanes of at least 4 members (excludes halogenated alkanes) is 2. The number of hydrogen-bond acceptors (Lipinski definition) is 2. The number of hydrogen-bond donors (Lipinski definition) is 0. The van der Waals surface area contributed by atoms with Gasteiger partial charge >= 0.3 is 12.3 Å². The molecule has 0 aromatic heterocycles. The summed E-state index contributed by atoms with van der Waals surface area (Å²) in [6, 6.07) is 14.3. The maximum atomic E-state index is 14.8. The Morgan fingerprint density at radius 3 is 1.90 bits per heavy atom. The molecule has 3 aromatic rings. The van der Waals surface area contributed by atoms with Gasteiger partial charge in [0.05, 0.1) is 17.9 Å². The molecule has 0 bridgehead atoms. The molecule has 0 amide bonds. The standard InChI is InChI=1S/C33H33F7O2/c1-2-3-4-5-22-6-8-23(9-7-22)24-10-12-25(13-11-24)26-14-16-27(17-15-26)33(39,40)42-28-20-29(34)31(30(35)21-28)41-19-18-32(36,37)38/h10-23H,2-9H2,1H3. The molecule has 0 unspecified atom stereocenters. The summed E-state index contributed by atoms with van der Waals surface area (Å²) in [6.45, 7) is 2.22. The summed E-state index contributed by atoms with van der Waals surface area (Å²) < 4.78 is 103. The highest BCUT2D eigenvalue weighted by molar-refractivity contribution is 5.64. The van der Waals surface area contributed by atoms with Crippen LogP contribution in [0.5, 0.6) is 11.5 Å². The van der Waals surface area contributed by atoms with Crippen molar-refractivity contribution in [1.29, 1.82) is 0 Å². The maximum absolute atomic E-state index is 14.8. The zero-order chi connectivity index (χ0) is 30.3. The summed E-state index contributed by atoms with van der Waals surface area (Å²) in [5.41, 5.74) is 2.32. The first kappa shape index (κ1) is 31.4. The van der Waals surface area contributed by atoms with Crippen LogP contribution in [0.15, 0.2) is 73.0 Å². The molecule has 0 radical (unpaired) electrons. The summed E-state index contributed by atoms with van der Waals surface area (Å²) in [7, 11) is 0. The zero-order valence-electron chi connectivity index (χ0n) is 23.2. The fraction of sp³-hybridized carbons (Fsp3) is 0.394. The minimum atomic E-state index is -4.76. The molecule has 4 rings (SSSR count). The molecule has 0 saturated heterocycles. The van der Waals surface area contributed by atoms with Crippen LogP contribution in [0.4, 0.5) is 30.7 Å². The normalized spacial score (nSPS) is 17.9. The van der Waals surface area contributed by atoms with E-state index in [4.69, 9.17) is 0 Å². The van der Waals surface area contributed by atoms with Crippen molar-refractivity contribution >= 4 is 0 Å². The third kappa shape index (κ3) is 8.52. The molecule has 9 heteroatoms. The Morgan fingerprint density at radius 1 is 0.786 bits per heavy atom. The molecule has 0 spiro atoms. The third-order valence-electron chi connectivity index (χ3n) is 7.66. The molecule has 2 nitrogen and oxygen atoms in total. The second kappa shape index (κ2) is 13.7. The highest BCUT2D eigenvalue weighted by Crippen LogP contribution is 2.39. The predicted octanol–water partition coefficient (Wildman–Crippen LogP) is 11.1. The van der Waals surface area contributed by atoms with E-state index in [2.05, 4.69) is 28.5 Å². The topological polar surface area (TPSA) is 18.5 Å². The summed E-state index contributed by atoms with van der Waals surface area (Å²) >= 11 is 0. The molecule has 0 N–H and O–H groups in total. The van der Waals surface area contributed by atoms with Crippen molar-refractivity contribution in [1.82, 2.24) is 0 Å². The second-order valence-corrected chi connectivity index (χ2v) is 10.7. The van der Waals surface area contributed by atoms with E-state index < -0.39 is 41.0 Å². The van der Waals surface area contributed by atoms with E-state index in [-0.39, 0.29) is 12.3 Å². The van der Waals surface area contributed by atoms with Crippen molar-refractivity contribution in [3.8, 4) is 22.6 Å². The average molecular weight is 595 g/mol. The van der Waals surface area contributed by atoms with Gasteiger partial charge in [0.1, 0.15) is 5.75 Å². The molecular formula is C33H33F7O2. The predicted molar refractivity (Wildman–Crippen MR) is 147 cm³/mol. The molecule has 3 aromatic carbocycles. The van der Waals surface area contributed by atoms with Crippen molar-refractivity contribution in [2.24, 2.45) is 5.92 Å². The van der Waals surface area contributed by atoms with Crippen molar-refractivity contribution in [3.63, 3.8) is 0 Å². The monoisotopic (exact) mass is 594 g/mol. The van der Waals surface area contributed by atoms with E-state index in [0.29, 0.717) is 23.6 Å². The molecule has 42 heavy (non-hydrogen) atoms. The molecule has 1 aliphatic rings. The number of benzene rings is 3. The van der Waals surface area contributed by atoms with E-state index in [1.54, 1.807) is 0 Å². The molecular weight excluding hydrogens is 561 g/mol. The van der Waals surface area contributed by atoms with Crippen LogP contribution in [0.3, 0.4) is 0 Å². The van der Waals surface area contributed by atoms with E-state index >= 15 is 0 Å². The van der Waals surface area contributed by atoms with Crippen molar-refractivity contribution in [2.45, 2.75) is 76.5 Å². The lowest BCUT2D eigenvalue weighted by Gasteiger charge is -2.29. The van der Waals surface area contributed by atoms with Crippen LogP contribution in [-0.2, 0) is 6.11 Å². The van der Waals surface area contributed by atoms with Crippen molar-refractivity contribution in [3.05, 3.63) is 95.8 Å². The van der Waals surface area contributed by atoms with E-state index in [0.717, 1.165) is 23.6 Å². The first-order valence-electron chi connectivity index (χ1n) is 14.1. The number of rotatable bonds is 11.